The number of aliphatic carboxylic acids is 1. The lowest BCUT2D eigenvalue weighted by Gasteiger charge is -2.27. The van der Waals surface area contributed by atoms with Crippen LogP contribution in [0.3, 0.4) is 0 Å². The summed E-state index contributed by atoms with van der Waals surface area (Å²) in [4.78, 5) is 23.0. The maximum Gasteiger partial charge on any atom is 0.303 e. The third kappa shape index (κ3) is 3.64. The van der Waals surface area contributed by atoms with Gasteiger partial charge in [-0.05, 0) is 30.4 Å². The van der Waals surface area contributed by atoms with Gasteiger partial charge < -0.3 is 10.4 Å². The number of carbonyl (C=O) groups is 2. The molecule has 0 aromatic carbocycles. The second kappa shape index (κ2) is 5.95. The van der Waals surface area contributed by atoms with Gasteiger partial charge in [0.1, 0.15) is 0 Å². The van der Waals surface area contributed by atoms with Gasteiger partial charge in [0, 0.05) is 18.2 Å². The first kappa shape index (κ1) is 13.7. The Kier molecular flexibility index (Phi) is 4.54. The number of thioether (sulfide) groups is 1. The number of amides is 1. The molecular weight excluding hydrogens is 250 g/mol. The molecule has 2 N–H and O–H groups in total. The molecule has 1 aliphatic carbocycles. The van der Waals surface area contributed by atoms with E-state index in [0.29, 0.717) is 12.5 Å². The predicted octanol–water partition coefficient (Wildman–Crippen LogP) is 2.03. The van der Waals surface area contributed by atoms with E-state index >= 15 is 0 Å². The summed E-state index contributed by atoms with van der Waals surface area (Å²) in [6.45, 7) is 0. The van der Waals surface area contributed by atoms with Crippen LogP contribution in [0.4, 0.5) is 0 Å². The van der Waals surface area contributed by atoms with Crippen molar-refractivity contribution in [3.8, 4) is 0 Å². The van der Waals surface area contributed by atoms with Gasteiger partial charge in [-0.1, -0.05) is 12.8 Å². The molecule has 1 saturated carbocycles. The lowest BCUT2D eigenvalue weighted by Crippen LogP contribution is -2.38. The number of rotatable bonds is 5. The van der Waals surface area contributed by atoms with Crippen LogP contribution in [0, 0.1) is 5.41 Å². The van der Waals surface area contributed by atoms with Gasteiger partial charge in [0.15, 0.2) is 0 Å². The van der Waals surface area contributed by atoms with Crippen molar-refractivity contribution in [1.82, 2.24) is 5.32 Å². The summed E-state index contributed by atoms with van der Waals surface area (Å²) in [7, 11) is 0. The monoisotopic (exact) mass is 271 g/mol. The van der Waals surface area contributed by atoms with Crippen LogP contribution in [0.25, 0.3) is 0 Å². The number of carboxylic acids is 1. The van der Waals surface area contributed by atoms with Crippen molar-refractivity contribution in [1.29, 1.82) is 0 Å². The van der Waals surface area contributed by atoms with Crippen molar-refractivity contribution in [3.63, 3.8) is 0 Å². The summed E-state index contributed by atoms with van der Waals surface area (Å²) in [6.07, 6.45) is 5.45. The summed E-state index contributed by atoms with van der Waals surface area (Å²) >= 11 is 1.87. The lowest BCUT2D eigenvalue weighted by molar-refractivity contribution is -0.140. The maximum absolute atomic E-state index is 12.0. The van der Waals surface area contributed by atoms with E-state index in [1.165, 1.54) is 0 Å². The fraction of sp³-hybridized carbons (Fsp3) is 0.846. The van der Waals surface area contributed by atoms with Crippen LogP contribution in [-0.2, 0) is 9.59 Å². The molecule has 1 heterocycles. The SMILES string of the molecule is O=C(O)CC1(CC(=O)NC2CCSC2)CCCC1. The number of hydrogen-bond acceptors (Lipinski definition) is 3. The first-order chi connectivity index (χ1) is 8.60. The Bertz CT molecular complexity index is 320. The second-order valence-corrected chi connectivity index (χ2v) is 6.73. The summed E-state index contributed by atoms with van der Waals surface area (Å²) in [6, 6.07) is 0.297. The molecule has 0 aromatic rings. The lowest BCUT2D eigenvalue weighted by atomic mass is 9.79. The van der Waals surface area contributed by atoms with Gasteiger partial charge in [0.25, 0.3) is 0 Å². The van der Waals surface area contributed by atoms with Crippen molar-refractivity contribution in [2.45, 2.75) is 51.0 Å². The van der Waals surface area contributed by atoms with E-state index < -0.39 is 5.97 Å². The van der Waals surface area contributed by atoms with Crippen molar-refractivity contribution < 1.29 is 14.7 Å². The van der Waals surface area contributed by atoms with Crippen LogP contribution < -0.4 is 5.32 Å². The molecule has 0 bridgehead atoms. The number of nitrogens with one attached hydrogen (secondary N) is 1. The van der Waals surface area contributed by atoms with E-state index in [4.69, 9.17) is 5.11 Å². The quantitative estimate of drug-likeness (QED) is 0.803. The van der Waals surface area contributed by atoms with Crippen molar-refractivity contribution in [3.05, 3.63) is 0 Å². The fourth-order valence-electron chi connectivity index (χ4n) is 3.13. The molecule has 2 aliphatic rings. The van der Waals surface area contributed by atoms with E-state index in [-0.39, 0.29) is 17.7 Å². The highest BCUT2D eigenvalue weighted by Crippen LogP contribution is 2.44. The Morgan fingerprint density at radius 1 is 1.28 bits per heavy atom. The fourth-order valence-corrected chi connectivity index (χ4v) is 4.28. The number of carboxylic acid groups (broad SMARTS) is 1. The molecule has 1 aliphatic heterocycles. The van der Waals surface area contributed by atoms with Gasteiger partial charge in [-0.2, -0.15) is 11.8 Å². The molecule has 1 atom stereocenters. The molecule has 102 valence electrons. The van der Waals surface area contributed by atoms with Crippen molar-refractivity contribution in [2.24, 2.45) is 5.41 Å². The average Bonchev–Trinajstić information content (AvgIpc) is 2.89. The minimum Gasteiger partial charge on any atom is -0.481 e. The van der Waals surface area contributed by atoms with Gasteiger partial charge in [0.05, 0.1) is 6.42 Å². The standard InChI is InChI=1S/C13H21NO3S/c15-11(14-10-3-6-18-9-10)7-13(8-12(16)17)4-1-2-5-13/h10H,1-9H2,(H,14,15)(H,16,17). The minimum atomic E-state index is -0.777. The van der Waals surface area contributed by atoms with Crippen LogP contribution >= 0.6 is 11.8 Å². The first-order valence-electron chi connectivity index (χ1n) is 6.69. The molecule has 0 aromatic heterocycles. The summed E-state index contributed by atoms with van der Waals surface area (Å²) in [5, 5.41) is 12.1. The Morgan fingerprint density at radius 3 is 2.56 bits per heavy atom. The van der Waals surface area contributed by atoms with Gasteiger partial charge in [-0.15, -0.1) is 0 Å². The Hall–Kier alpha value is -0.710. The summed E-state index contributed by atoms with van der Waals surface area (Å²) in [5.74, 6) is 1.38. The van der Waals surface area contributed by atoms with Gasteiger partial charge in [-0.3, -0.25) is 9.59 Å². The second-order valence-electron chi connectivity index (χ2n) is 5.58. The molecule has 1 amide bonds. The molecule has 1 unspecified atom stereocenters. The minimum absolute atomic E-state index is 0.0469. The zero-order chi connectivity index (χ0) is 13.0. The smallest absolute Gasteiger partial charge is 0.303 e. The molecular formula is C13H21NO3S. The van der Waals surface area contributed by atoms with Crippen molar-refractivity contribution >= 4 is 23.6 Å². The van der Waals surface area contributed by atoms with Crippen LogP contribution in [0.2, 0.25) is 0 Å². The molecule has 2 fully saturated rings. The molecule has 4 nitrogen and oxygen atoms in total. The third-order valence-electron chi connectivity index (χ3n) is 4.02. The number of carbonyl (C=O) groups excluding carboxylic acids is 1. The Balaban J connectivity index is 1.87. The van der Waals surface area contributed by atoms with Crippen LogP contribution in [0.1, 0.15) is 44.9 Å². The van der Waals surface area contributed by atoms with E-state index in [1.807, 2.05) is 11.8 Å². The average molecular weight is 271 g/mol. The highest BCUT2D eigenvalue weighted by atomic mass is 32.2. The maximum atomic E-state index is 12.0. The summed E-state index contributed by atoms with van der Waals surface area (Å²) < 4.78 is 0. The van der Waals surface area contributed by atoms with E-state index in [1.54, 1.807) is 0 Å². The van der Waals surface area contributed by atoms with Crippen molar-refractivity contribution in [2.75, 3.05) is 11.5 Å². The van der Waals surface area contributed by atoms with Gasteiger partial charge in [0.2, 0.25) is 5.91 Å². The van der Waals surface area contributed by atoms with Crippen LogP contribution in [-0.4, -0.2) is 34.5 Å². The highest BCUT2D eigenvalue weighted by molar-refractivity contribution is 7.99. The van der Waals surface area contributed by atoms with E-state index in [2.05, 4.69) is 5.32 Å². The third-order valence-corrected chi connectivity index (χ3v) is 5.18. The molecule has 1 saturated heterocycles. The zero-order valence-corrected chi connectivity index (χ0v) is 11.4. The van der Waals surface area contributed by atoms with Gasteiger partial charge in [-0.25, -0.2) is 0 Å². The van der Waals surface area contributed by atoms with Crippen LogP contribution in [0.5, 0.6) is 0 Å². The Morgan fingerprint density at radius 2 is 2.00 bits per heavy atom. The molecule has 18 heavy (non-hydrogen) atoms. The zero-order valence-electron chi connectivity index (χ0n) is 10.6. The molecule has 5 heteroatoms. The topological polar surface area (TPSA) is 66.4 Å². The largest absolute Gasteiger partial charge is 0.481 e. The molecule has 2 rings (SSSR count). The Labute approximate surface area is 112 Å². The molecule has 0 spiro atoms. The normalized spacial score (nSPS) is 26.1. The predicted molar refractivity (Wildman–Crippen MR) is 71.6 cm³/mol. The van der Waals surface area contributed by atoms with E-state index in [9.17, 15) is 9.59 Å². The summed E-state index contributed by atoms with van der Waals surface area (Å²) in [5.41, 5.74) is -0.276. The molecule has 0 radical (unpaired) electrons. The highest BCUT2D eigenvalue weighted by Gasteiger charge is 2.38. The van der Waals surface area contributed by atoms with E-state index in [0.717, 1.165) is 43.6 Å². The first-order valence-corrected chi connectivity index (χ1v) is 7.84. The van der Waals surface area contributed by atoms with Crippen LogP contribution in [0.15, 0.2) is 0 Å². The number of hydrogen-bond donors (Lipinski definition) is 2. The van der Waals surface area contributed by atoms with Gasteiger partial charge >= 0.3 is 5.97 Å².